The van der Waals surface area contributed by atoms with Crippen LogP contribution < -0.4 is 69.3 Å². The van der Waals surface area contributed by atoms with Crippen molar-refractivity contribution < 1.29 is 93.2 Å². The summed E-state index contributed by atoms with van der Waals surface area (Å²) < 4.78 is 6.17. The van der Waals surface area contributed by atoms with E-state index in [9.17, 15) is 24.6 Å². The van der Waals surface area contributed by atoms with E-state index in [0.29, 0.717) is 0 Å². The second kappa shape index (κ2) is 9.30. The van der Waals surface area contributed by atoms with Crippen molar-refractivity contribution in [2.24, 2.45) is 0 Å². The zero-order valence-corrected chi connectivity index (χ0v) is 10.4. The van der Waals surface area contributed by atoms with Crippen molar-refractivity contribution >= 4 is 18.5 Å². The molecule has 0 heterocycles. The van der Waals surface area contributed by atoms with E-state index in [0.717, 1.165) is 0 Å². The summed E-state index contributed by atoms with van der Waals surface area (Å²) in [5, 5.41) is 18.7. The molecular weight excluding hydrogens is 194 g/mol. The minimum absolute atomic E-state index is 0. The standard InChI is InChI=1S/C3H2O7.2Na/c4-1(5)9-3(8)10-2(6)7;;/h(H,4,5)(H,6,7);;/q;2*+1/p-2. The summed E-state index contributed by atoms with van der Waals surface area (Å²) in [6.45, 7) is 0. The summed E-state index contributed by atoms with van der Waals surface area (Å²) >= 11 is 0. The van der Waals surface area contributed by atoms with Crippen LogP contribution in [0.1, 0.15) is 0 Å². The molecule has 12 heavy (non-hydrogen) atoms. The van der Waals surface area contributed by atoms with Crippen LogP contribution in [0.25, 0.3) is 0 Å². The summed E-state index contributed by atoms with van der Waals surface area (Å²) in [5.74, 6) is 0. The molecule has 0 N–H and O–H groups in total. The van der Waals surface area contributed by atoms with Crippen LogP contribution in [0, 0.1) is 0 Å². The average Bonchev–Trinajstić information content (AvgIpc) is 1.58. The molecule has 0 rings (SSSR count). The van der Waals surface area contributed by atoms with Crippen LogP contribution >= 0.6 is 0 Å². The number of carboxylic acid groups (broad SMARTS) is 2. The van der Waals surface area contributed by atoms with Gasteiger partial charge in [0.25, 0.3) is 12.3 Å². The van der Waals surface area contributed by atoms with Gasteiger partial charge >= 0.3 is 65.3 Å². The van der Waals surface area contributed by atoms with Crippen LogP contribution in [0.15, 0.2) is 0 Å². The Hall–Kier alpha value is 0.210. The second-order valence-electron chi connectivity index (χ2n) is 0.954. The van der Waals surface area contributed by atoms with Gasteiger partial charge in [0.05, 0.1) is 0 Å². The van der Waals surface area contributed by atoms with E-state index in [4.69, 9.17) is 0 Å². The Morgan fingerprint density at radius 2 is 1.08 bits per heavy atom. The first-order valence-corrected chi connectivity index (χ1v) is 1.84. The molecule has 0 atom stereocenters. The molecule has 9 heteroatoms. The first-order chi connectivity index (χ1) is 4.52. The summed E-state index contributed by atoms with van der Waals surface area (Å²) in [6.07, 6.45) is -6.32. The number of hydrogen-bond donors (Lipinski definition) is 0. The molecule has 0 aliphatic carbocycles. The Kier molecular flexibility index (Phi) is 14.0. The molecule has 7 nitrogen and oxygen atoms in total. The molecule has 56 valence electrons. The molecular formula is C3Na2O7. The molecule has 0 aromatic heterocycles. The molecule has 0 aromatic rings. The van der Waals surface area contributed by atoms with Crippen LogP contribution in [0.3, 0.4) is 0 Å². The van der Waals surface area contributed by atoms with Crippen LogP contribution in [-0.2, 0) is 9.47 Å². The van der Waals surface area contributed by atoms with Gasteiger partial charge in [0.15, 0.2) is 0 Å². The maximum Gasteiger partial charge on any atom is 1.00 e. The third-order valence-corrected chi connectivity index (χ3v) is 0.333. The van der Waals surface area contributed by atoms with Crippen molar-refractivity contribution in [3.8, 4) is 0 Å². The molecule has 0 spiro atoms. The van der Waals surface area contributed by atoms with E-state index in [1.54, 1.807) is 0 Å². The fourth-order valence-corrected chi connectivity index (χ4v) is 0.157. The minimum atomic E-state index is -2.20. The fourth-order valence-electron chi connectivity index (χ4n) is 0.157. The fraction of sp³-hybridized carbons (Fsp3) is 0. The van der Waals surface area contributed by atoms with Crippen molar-refractivity contribution in [3.05, 3.63) is 0 Å². The quantitative estimate of drug-likeness (QED) is 0.213. The van der Waals surface area contributed by atoms with Gasteiger partial charge in [-0.3, -0.25) is 0 Å². The number of hydrogen-bond acceptors (Lipinski definition) is 7. The molecule has 0 unspecified atom stereocenters. The molecule has 0 radical (unpaired) electrons. The Morgan fingerprint density at radius 1 is 0.833 bits per heavy atom. The van der Waals surface area contributed by atoms with Gasteiger partial charge in [0.1, 0.15) is 0 Å². The topological polar surface area (TPSA) is 116 Å². The number of carbonyl (C=O) groups excluding carboxylic acids is 3. The third-order valence-electron chi connectivity index (χ3n) is 0.333. The number of carbonyl (C=O) groups is 3. The molecule has 0 saturated carbocycles. The molecule has 0 saturated heterocycles. The van der Waals surface area contributed by atoms with Crippen molar-refractivity contribution in [1.82, 2.24) is 0 Å². The largest absolute Gasteiger partial charge is 1.00 e. The van der Waals surface area contributed by atoms with E-state index >= 15 is 0 Å². The SMILES string of the molecule is O=C([O-])OC(=O)OC(=O)[O-].[Na+].[Na+]. The van der Waals surface area contributed by atoms with E-state index in [1.807, 2.05) is 0 Å². The summed E-state index contributed by atoms with van der Waals surface area (Å²) in [7, 11) is 0. The van der Waals surface area contributed by atoms with Gasteiger partial charge in [-0.15, -0.1) is 0 Å². The van der Waals surface area contributed by atoms with E-state index in [2.05, 4.69) is 9.47 Å². The van der Waals surface area contributed by atoms with Gasteiger partial charge in [-0.05, 0) is 0 Å². The zero-order valence-electron chi connectivity index (χ0n) is 6.36. The molecule has 0 amide bonds. The first-order valence-electron chi connectivity index (χ1n) is 1.84. The monoisotopic (exact) mass is 194 g/mol. The van der Waals surface area contributed by atoms with E-state index in [-0.39, 0.29) is 59.1 Å². The normalized spacial score (nSPS) is 6.67. The molecule has 0 aliphatic heterocycles. The van der Waals surface area contributed by atoms with Gasteiger partial charge in [-0.1, -0.05) is 0 Å². The minimum Gasteiger partial charge on any atom is -0.467 e. The molecule has 0 bridgehead atoms. The number of rotatable bonds is 0. The Bertz CT molecular complexity index is 159. The second-order valence-corrected chi connectivity index (χ2v) is 0.954. The Balaban J connectivity index is -0.000000405. The predicted octanol–water partition coefficient (Wildman–Crippen LogP) is -8.17. The van der Waals surface area contributed by atoms with Crippen LogP contribution in [-0.4, -0.2) is 18.5 Å². The van der Waals surface area contributed by atoms with Crippen molar-refractivity contribution in [3.63, 3.8) is 0 Å². The predicted molar refractivity (Wildman–Crippen MR) is 18.4 cm³/mol. The van der Waals surface area contributed by atoms with Crippen molar-refractivity contribution in [1.29, 1.82) is 0 Å². The maximum absolute atomic E-state index is 9.78. The van der Waals surface area contributed by atoms with E-state index < -0.39 is 18.5 Å². The first kappa shape index (κ1) is 18.1. The average molecular weight is 194 g/mol. The van der Waals surface area contributed by atoms with Crippen LogP contribution in [0.2, 0.25) is 0 Å². The summed E-state index contributed by atoms with van der Waals surface area (Å²) in [4.78, 5) is 28.5. The Labute approximate surface area is 111 Å². The van der Waals surface area contributed by atoms with Gasteiger partial charge in [0.2, 0.25) is 0 Å². The smallest absolute Gasteiger partial charge is 0.467 e. The van der Waals surface area contributed by atoms with Gasteiger partial charge < -0.3 is 29.3 Å². The summed E-state index contributed by atoms with van der Waals surface area (Å²) in [5.41, 5.74) is 0. The summed E-state index contributed by atoms with van der Waals surface area (Å²) in [6, 6.07) is 0. The third kappa shape index (κ3) is 12.8. The molecule has 0 aromatic carbocycles. The van der Waals surface area contributed by atoms with Gasteiger partial charge in [-0.2, -0.15) is 0 Å². The van der Waals surface area contributed by atoms with E-state index in [1.165, 1.54) is 0 Å². The van der Waals surface area contributed by atoms with Crippen molar-refractivity contribution in [2.45, 2.75) is 0 Å². The number of ether oxygens (including phenoxy) is 2. The van der Waals surface area contributed by atoms with Gasteiger partial charge in [-0.25, -0.2) is 4.79 Å². The van der Waals surface area contributed by atoms with Crippen LogP contribution in [0.5, 0.6) is 0 Å². The Morgan fingerprint density at radius 3 is 1.25 bits per heavy atom. The van der Waals surface area contributed by atoms with Gasteiger partial charge in [0, 0.05) is 0 Å². The zero-order chi connectivity index (χ0) is 8.15. The van der Waals surface area contributed by atoms with Crippen LogP contribution in [0.4, 0.5) is 14.4 Å². The molecule has 0 fully saturated rings. The maximum atomic E-state index is 9.78. The molecule has 0 aliphatic rings. The van der Waals surface area contributed by atoms with Crippen molar-refractivity contribution in [2.75, 3.05) is 0 Å².